The van der Waals surface area contributed by atoms with Crippen LogP contribution in [-0.2, 0) is 6.54 Å². The summed E-state index contributed by atoms with van der Waals surface area (Å²) in [6, 6.07) is 10.8. The van der Waals surface area contributed by atoms with Crippen LogP contribution in [0.2, 0.25) is 0 Å². The Labute approximate surface area is 120 Å². The molecule has 1 aromatic heterocycles. The Balaban J connectivity index is 1.96. The van der Waals surface area contributed by atoms with Gasteiger partial charge in [0.15, 0.2) is 0 Å². The van der Waals surface area contributed by atoms with E-state index in [1.807, 2.05) is 22.8 Å². The molecule has 3 nitrogen and oxygen atoms in total. The number of nitrogens with two attached hydrogens (primary N) is 1. The third-order valence-corrected chi connectivity index (χ3v) is 3.14. The number of hydrogen-bond acceptors (Lipinski definition) is 2. The van der Waals surface area contributed by atoms with Gasteiger partial charge >= 0.3 is 0 Å². The molecular weight excluding hydrogens is 272 g/mol. The highest BCUT2D eigenvalue weighted by Gasteiger charge is 2.08. The minimum atomic E-state index is -0.587. The van der Waals surface area contributed by atoms with Crippen LogP contribution in [-0.4, -0.2) is 9.55 Å². The van der Waals surface area contributed by atoms with E-state index in [0.717, 1.165) is 11.6 Å². The number of nitrogens with zero attached hydrogens (tertiary/aromatic N) is 2. The topological polar surface area (TPSA) is 43.8 Å². The molecule has 0 aliphatic carbocycles. The van der Waals surface area contributed by atoms with E-state index < -0.39 is 11.6 Å². The molecule has 106 valence electrons. The predicted octanol–water partition coefficient (Wildman–Crippen LogP) is 3.46. The fourth-order valence-electron chi connectivity index (χ4n) is 2.27. The number of imidazole rings is 1. The van der Waals surface area contributed by atoms with E-state index in [4.69, 9.17) is 5.73 Å². The maximum Gasteiger partial charge on any atom is 0.140 e. The van der Waals surface area contributed by atoms with Gasteiger partial charge in [-0.1, -0.05) is 12.1 Å². The molecule has 0 unspecified atom stereocenters. The van der Waals surface area contributed by atoms with Crippen molar-refractivity contribution in [2.45, 2.75) is 6.54 Å². The maximum atomic E-state index is 13.3. The fraction of sp³-hybridized carbons (Fsp3) is 0.0625. The van der Waals surface area contributed by atoms with Crippen LogP contribution >= 0.6 is 0 Å². The van der Waals surface area contributed by atoms with Crippen molar-refractivity contribution in [1.82, 2.24) is 9.55 Å². The first-order chi connectivity index (χ1) is 10.1. The second-order valence-corrected chi connectivity index (χ2v) is 4.78. The molecule has 0 fully saturated rings. The second-order valence-electron chi connectivity index (χ2n) is 4.78. The lowest BCUT2D eigenvalue weighted by Gasteiger charge is -2.09. The van der Waals surface area contributed by atoms with Crippen molar-refractivity contribution in [2.24, 2.45) is 0 Å². The molecule has 2 N–H and O–H groups in total. The van der Waals surface area contributed by atoms with E-state index in [9.17, 15) is 8.78 Å². The highest BCUT2D eigenvalue weighted by Crippen LogP contribution is 2.21. The Bertz CT molecular complexity index is 760. The van der Waals surface area contributed by atoms with Gasteiger partial charge in [0.05, 0.1) is 0 Å². The van der Waals surface area contributed by atoms with Crippen molar-refractivity contribution in [3.05, 3.63) is 72.1 Å². The highest BCUT2D eigenvalue weighted by atomic mass is 19.1. The van der Waals surface area contributed by atoms with E-state index in [2.05, 4.69) is 4.98 Å². The second kappa shape index (κ2) is 5.36. The van der Waals surface area contributed by atoms with Crippen LogP contribution in [0.25, 0.3) is 11.4 Å². The summed E-state index contributed by atoms with van der Waals surface area (Å²) in [5.74, 6) is -0.474. The Morgan fingerprint density at radius 3 is 2.52 bits per heavy atom. The van der Waals surface area contributed by atoms with E-state index in [1.54, 1.807) is 18.5 Å². The Morgan fingerprint density at radius 2 is 1.81 bits per heavy atom. The minimum Gasteiger partial charge on any atom is -0.399 e. The Kier molecular flexibility index (Phi) is 3.39. The van der Waals surface area contributed by atoms with Gasteiger partial charge in [0.25, 0.3) is 0 Å². The Morgan fingerprint density at radius 1 is 1.05 bits per heavy atom. The molecule has 0 aliphatic rings. The fourth-order valence-corrected chi connectivity index (χ4v) is 2.27. The van der Waals surface area contributed by atoms with Crippen molar-refractivity contribution < 1.29 is 8.78 Å². The van der Waals surface area contributed by atoms with E-state index in [0.29, 0.717) is 23.6 Å². The quantitative estimate of drug-likeness (QED) is 0.749. The lowest BCUT2D eigenvalue weighted by molar-refractivity contribution is 0.577. The van der Waals surface area contributed by atoms with Gasteiger partial charge in [-0.15, -0.1) is 0 Å². The van der Waals surface area contributed by atoms with Crippen molar-refractivity contribution in [2.75, 3.05) is 5.73 Å². The zero-order valence-electron chi connectivity index (χ0n) is 11.1. The van der Waals surface area contributed by atoms with Crippen molar-refractivity contribution in [3.8, 4) is 11.4 Å². The molecule has 21 heavy (non-hydrogen) atoms. The number of halogens is 2. The third-order valence-electron chi connectivity index (χ3n) is 3.14. The van der Waals surface area contributed by atoms with Gasteiger partial charge in [-0.25, -0.2) is 13.8 Å². The summed E-state index contributed by atoms with van der Waals surface area (Å²) in [7, 11) is 0. The molecular formula is C16H13F2N3. The summed E-state index contributed by atoms with van der Waals surface area (Å²) in [5.41, 5.74) is 7.80. The molecule has 0 atom stereocenters. The summed E-state index contributed by atoms with van der Waals surface area (Å²) in [4.78, 5) is 4.29. The van der Waals surface area contributed by atoms with Gasteiger partial charge in [-0.05, 0) is 29.8 Å². The molecule has 3 rings (SSSR count). The number of rotatable bonds is 3. The van der Waals surface area contributed by atoms with Gasteiger partial charge < -0.3 is 10.3 Å². The van der Waals surface area contributed by atoms with Gasteiger partial charge in [-0.3, -0.25) is 0 Å². The largest absolute Gasteiger partial charge is 0.399 e. The average molecular weight is 285 g/mol. The smallest absolute Gasteiger partial charge is 0.140 e. The summed E-state index contributed by atoms with van der Waals surface area (Å²) in [6.07, 6.45) is 3.41. The van der Waals surface area contributed by atoms with Crippen LogP contribution in [0.1, 0.15) is 5.56 Å². The normalized spacial score (nSPS) is 10.8. The maximum absolute atomic E-state index is 13.3. The van der Waals surface area contributed by atoms with Crippen LogP contribution < -0.4 is 5.73 Å². The summed E-state index contributed by atoms with van der Waals surface area (Å²) in [5, 5.41) is 0. The highest BCUT2D eigenvalue weighted by molar-refractivity contribution is 5.61. The van der Waals surface area contributed by atoms with Crippen molar-refractivity contribution >= 4 is 5.69 Å². The minimum absolute atomic E-state index is 0.332. The molecule has 3 aromatic rings. The summed E-state index contributed by atoms with van der Waals surface area (Å²) < 4.78 is 28.3. The van der Waals surface area contributed by atoms with E-state index in [1.165, 1.54) is 12.1 Å². The zero-order valence-corrected chi connectivity index (χ0v) is 11.1. The summed E-state index contributed by atoms with van der Waals surface area (Å²) >= 11 is 0. The molecule has 0 spiro atoms. The molecule has 0 radical (unpaired) electrons. The molecule has 5 heteroatoms. The molecule has 0 saturated heterocycles. The van der Waals surface area contributed by atoms with Gasteiger partial charge in [-0.2, -0.15) is 0 Å². The van der Waals surface area contributed by atoms with Gasteiger partial charge in [0.1, 0.15) is 17.5 Å². The van der Waals surface area contributed by atoms with Gasteiger partial charge in [0, 0.05) is 36.3 Å². The lowest BCUT2D eigenvalue weighted by atomic mass is 10.1. The van der Waals surface area contributed by atoms with Crippen molar-refractivity contribution in [1.29, 1.82) is 0 Å². The van der Waals surface area contributed by atoms with Crippen LogP contribution in [0.3, 0.4) is 0 Å². The van der Waals surface area contributed by atoms with E-state index in [-0.39, 0.29) is 0 Å². The number of hydrogen-bond donors (Lipinski definition) is 1. The first-order valence-electron chi connectivity index (χ1n) is 6.44. The molecule has 0 aliphatic heterocycles. The molecule has 0 bridgehead atoms. The standard InChI is InChI=1S/C16H13F2N3/c17-13-6-11(7-14(18)9-13)10-21-5-4-20-16(21)12-2-1-3-15(19)8-12/h1-9H,10,19H2. The van der Waals surface area contributed by atoms with E-state index >= 15 is 0 Å². The third kappa shape index (κ3) is 2.91. The molecule has 1 heterocycles. The lowest BCUT2D eigenvalue weighted by Crippen LogP contribution is -2.02. The van der Waals surface area contributed by atoms with Gasteiger partial charge in [0.2, 0.25) is 0 Å². The van der Waals surface area contributed by atoms with Crippen LogP contribution in [0.15, 0.2) is 54.9 Å². The van der Waals surface area contributed by atoms with Crippen LogP contribution in [0.5, 0.6) is 0 Å². The first kappa shape index (κ1) is 13.3. The number of anilines is 1. The van der Waals surface area contributed by atoms with Crippen LogP contribution in [0, 0.1) is 11.6 Å². The summed E-state index contributed by atoms with van der Waals surface area (Å²) in [6.45, 7) is 0.332. The Hall–Kier alpha value is -2.69. The molecule has 2 aromatic carbocycles. The predicted molar refractivity (Wildman–Crippen MR) is 77.5 cm³/mol. The molecule has 0 amide bonds. The monoisotopic (exact) mass is 285 g/mol. The number of aromatic nitrogens is 2. The van der Waals surface area contributed by atoms with Crippen LogP contribution in [0.4, 0.5) is 14.5 Å². The SMILES string of the molecule is Nc1cccc(-c2nccn2Cc2cc(F)cc(F)c2)c1. The first-order valence-corrected chi connectivity index (χ1v) is 6.44. The average Bonchev–Trinajstić information content (AvgIpc) is 2.85. The number of benzene rings is 2. The number of nitrogen functional groups attached to an aromatic ring is 1. The zero-order chi connectivity index (χ0) is 14.8. The van der Waals surface area contributed by atoms with Crippen molar-refractivity contribution in [3.63, 3.8) is 0 Å². The molecule has 0 saturated carbocycles.